The summed E-state index contributed by atoms with van der Waals surface area (Å²) in [7, 11) is -3.69. The van der Waals surface area contributed by atoms with Crippen molar-refractivity contribution in [3.05, 3.63) is 0 Å². The van der Waals surface area contributed by atoms with E-state index in [0.29, 0.717) is 6.54 Å². The van der Waals surface area contributed by atoms with Crippen molar-refractivity contribution in [3.63, 3.8) is 0 Å². The molecule has 0 aliphatic heterocycles. The average Bonchev–Trinajstić information content (AvgIpc) is 2.31. The highest BCUT2D eigenvalue weighted by Gasteiger charge is 2.27. The summed E-state index contributed by atoms with van der Waals surface area (Å²) in [4.78, 5) is 21.9. The van der Waals surface area contributed by atoms with Gasteiger partial charge in [0.25, 0.3) is 0 Å². The number of hydrogen-bond donors (Lipinski definition) is 2. The molecule has 0 aliphatic carbocycles. The molecule has 1 atom stereocenters. The number of carbonyl (C=O) groups excluding carboxylic acids is 1. The molecule has 0 aliphatic rings. The molecule has 0 radical (unpaired) electrons. The van der Waals surface area contributed by atoms with Gasteiger partial charge in [0, 0.05) is 6.54 Å². The first-order valence-corrected chi connectivity index (χ1v) is 7.74. The summed E-state index contributed by atoms with van der Waals surface area (Å²) in [6.07, 6.45) is 2.32. The van der Waals surface area contributed by atoms with Crippen LogP contribution in [0.5, 0.6) is 0 Å². The molecule has 1 unspecified atom stereocenters. The van der Waals surface area contributed by atoms with E-state index < -0.39 is 39.1 Å². The Morgan fingerprint density at radius 3 is 2.39 bits per heavy atom. The summed E-state index contributed by atoms with van der Waals surface area (Å²) in [5.74, 6) is -2.25. The second-order valence-electron chi connectivity index (χ2n) is 4.15. The molecule has 1 amide bonds. The van der Waals surface area contributed by atoms with Gasteiger partial charge in [-0.3, -0.25) is 9.59 Å². The van der Waals surface area contributed by atoms with E-state index in [4.69, 9.17) is 5.11 Å². The zero-order chi connectivity index (χ0) is 14.2. The Labute approximate surface area is 108 Å². The predicted octanol–water partition coefficient (Wildman–Crippen LogP) is 0.571. The lowest BCUT2D eigenvalue weighted by molar-refractivity contribution is -0.136. The van der Waals surface area contributed by atoms with Gasteiger partial charge in [0.1, 0.15) is 5.25 Å². The topological polar surface area (TPSA) is 101 Å². The number of rotatable bonds is 9. The molecule has 0 bridgehead atoms. The van der Waals surface area contributed by atoms with Gasteiger partial charge in [-0.1, -0.05) is 19.8 Å². The molecular weight excluding hydrogens is 258 g/mol. The zero-order valence-electron chi connectivity index (χ0n) is 10.8. The number of carboxylic acid groups (broad SMARTS) is 1. The third-order valence-corrected chi connectivity index (χ3v) is 4.65. The second-order valence-corrected chi connectivity index (χ2v) is 6.59. The van der Waals surface area contributed by atoms with Crippen LogP contribution in [0.4, 0.5) is 0 Å². The molecule has 0 aromatic carbocycles. The molecule has 2 N–H and O–H groups in total. The Morgan fingerprint density at radius 1 is 1.28 bits per heavy atom. The van der Waals surface area contributed by atoms with E-state index in [1.54, 1.807) is 0 Å². The fourth-order valence-electron chi connectivity index (χ4n) is 1.30. The van der Waals surface area contributed by atoms with Crippen LogP contribution >= 0.6 is 0 Å². The Kier molecular flexibility index (Phi) is 7.58. The van der Waals surface area contributed by atoms with Crippen molar-refractivity contribution in [2.24, 2.45) is 0 Å². The maximum absolute atomic E-state index is 11.6. The largest absolute Gasteiger partial charge is 0.481 e. The summed E-state index contributed by atoms with van der Waals surface area (Å²) in [5, 5.41) is 9.78. The summed E-state index contributed by atoms with van der Waals surface area (Å²) in [6, 6.07) is 0. The molecule has 0 saturated carbocycles. The third kappa shape index (κ3) is 6.58. The number of aliphatic carboxylic acids is 1. The minimum absolute atomic E-state index is 0.450. The van der Waals surface area contributed by atoms with Crippen LogP contribution in [0, 0.1) is 0 Å². The first-order valence-electron chi connectivity index (χ1n) is 6.02. The number of nitrogens with one attached hydrogen (secondary N) is 1. The number of unbranched alkanes of at least 4 members (excludes halogenated alkanes) is 2. The lowest BCUT2D eigenvalue weighted by atomic mass is 10.2. The van der Waals surface area contributed by atoms with Gasteiger partial charge in [0.15, 0.2) is 9.84 Å². The van der Waals surface area contributed by atoms with Crippen molar-refractivity contribution < 1.29 is 23.1 Å². The monoisotopic (exact) mass is 279 g/mol. The first-order chi connectivity index (χ1) is 8.31. The van der Waals surface area contributed by atoms with Crippen LogP contribution in [-0.4, -0.2) is 42.9 Å². The molecule has 0 fully saturated rings. The molecule has 106 valence electrons. The lowest BCUT2D eigenvalue weighted by Crippen LogP contribution is -2.39. The van der Waals surface area contributed by atoms with E-state index in [2.05, 4.69) is 5.32 Å². The summed E-state index contributed by atoms with van der Waals surface area (Å²) < 4.78 is 23.3. The van der Waals surface area contributed by atoms with Crippen LogP contribution in [0.15, 0.2) is 0 Å². The highest BCUT2D eigenvalue weighted by molar-refractivity contribution is 7.92. The van der Waals surface area contributed by atoms with Gasteiger partial charge >= 0.3 is 5.97 Å². The van der Waals surface area contributed by atoms with Gasteiger partial charge in [-0.2, -0.15) is 0 Å². The Bertz CT molecular complexity index is 377. The molecule has 0 saturated heterocycles. The molecule has 0 spiro atoms. The molecule has 0 rings (SSSR count). The fraction of sp³-hybridized carbons (Fsp3) is 0.818. The minimum atomic E-state index is -3.69. The predicted molar refractivity (Wildman–Crippen MR) is 68.0 cm³/mol. The van der Waals surface area contributed by atoms with Gasteiger partial charge in [-0.05, 0) is 13.3 Å². The van der Waals surface area contributed by atoms with E-state index in [1.807, 2.05) is 6.92 Å². The van der Waals surface area contributed by atoms with Crippen LogP contribution in [0.3, 0.4) is 0 Å². The van der Waals surface area contributed by atoms with Gasteiger partial charge in [0.05, 0.1) is 12.2 Å². The molecule has 6 nitrogen and oxygen atoms in total. The van der Waals surface area contributed by atoms with Crippen LogP contribution in [0.1, 0.15) is 39.5 Å². The lowest BCUT2D eigenvalue weighted by Gasteiger charge is -2.12. The van der Waals surface area contributed by atoms with E-state index in [9.17, 15) is 18.0 Å². The van der Waals surface area contributed by atoms with E-state index in [-0.39, 0.29) is 0 Å². The standard InChI is InChI=1S/C11H21NO5S/c1-3-4-5-7-12-11(15)9(2)18(16,17)8-6-10(13)14/h9H,3-8H2,1-2H3,(H,12,15)(H,13,14). The van der Waals surface area contributed by atoms with Crippen LogP contribution < -0.4 is 5.32 Å². The molecule has 0 aromatic rings. The minimum Gasteiger partial charge on any atom is -0.481 e. The number of amides is 1. The van der Waals surface area contributed by atoms with Crippen molar-refractivity contribution in [2.75, 3.05) is 12.3 Å². The third-order valence-electron chi connectivity index (χ3n) is 2.59. The number of carboxylic acids is 1. The fourth-order valence-corrected chi connectivity index (χ4v) is 2.52. The van der Waals surface area contributed by atoms with E-state index >= 15 is 0 Å². The maximum atomic E-state index is 11.6. The van der Waals surface area contributed by atoms with Gasteiger partial charge in [0.2, 0.25) is 5.91 Å². The maximum Gasteiger partial charge on any atom is 0.304 e. The summed E-state index contributed by atoms with van der Waals surface area (Å²) in [6.45, 7) is 3.76. The van der Waals surface area contributed by atoms with Crippen molar-refractivity contribution >= 4 is 21.7 Å². The molecule has 0 aromatic heterocycles. The van der Waals surface area contributed by atoms with Gasteiger partial charge in [-0.15, -0.1) is 0 Å². The van der Waals surface area contributed by atoms with Gasteiger partial charge < -0.3 is 10.4 Å². The smallest absolute Gasteiger partial charge is 0.304 e. The van der Waals surface area contributed by atoms with E-state index in [0.717, 1.165) is 19.3 Å². The van der Waals surface area contributed by atoms with Crippen molar-refractivity contribution in [1.29, 1.82) is 0 Å². The summed E-state index contributed by atoms with van der Waals surface area (Å²) >= 11 is 0. The highest BCUT2D eigenvalue weighted by atomic mass is 32.2. The molecule has 18 heavy (non-hydrogen) atoms. The Balaban J connectivity index is 4.22. The highest BCUT2D eigenvalue weighted by Crippen LogP contribution is 2.04. The van der Waals surface area contributed by atoms with Crippen LogP contribution in [0.2, 0.25) is 0 Å². The molecule has 0 heterocycles. The number of hydrogen-bond acceptors (Lipinski definition) is 4. The Morgan fingerprint density at radius 2 is 1.89 bits per heavy atom. The normalized spacial score (nSPS) is 13.0. The van der Waals surface area contributed by atoms with E-state index in [1.165, 1.54) is 6.92 Å². The summed E-state index contributed by atoms with van der Waals surface area (Å²) in [5.41, 5.74) is 0. The zero-order valence-corrected chi connectivity index (χ0v) is 11.6. The van der Waals surface area contributed by atoms with Crippen molar-refractivity contribution in [2.45, 2.75) is 44.8 Å². The van der Waals surface area contributed by atoms with Crippen LogP contribution in [-0.2, 0) is 19.4 Å². The van der Waals surface area contributed by atoms with Crippen LogP contribution in [0.25, 0.3) is 0 Å². The quantitative estimate of drug-likeness (QED) is 0.601. The van der Waals surface area contributed by atoms with Crippen molar-refractivity contribution in [3.8, 4) is 0 Å². The number of sulfone groups is 1. The van der Waals surface area contributed by atoms with Crippen molar-refractivity contribution in [1.82, 2.24) is 5.32 Å². The molecule has 7 heteroatoms. The Hall–Kier alpha value is -1.11. The molecular formula is C11H21NO5S. The second kappa shape index (κ2) is 8.07. The SMILES string of the molecule is CCCCCNC(=O)C(C)S(=O)(=O)CCC(=O)O. The van der Waals surface area contributed by atoms with Gasteiger partial charge in [-0.25, -0.2) is 8.42 Å². The number of carbonyl (C=O) groups is 2. The first kappa shape index (κ1) is 16.9. The average molecular weight is 279 g/mol.